The first-order valence-corrected chi connectivity index (χ1v) is 6.71. The molecule has 1 amide bonds. The van der Waals surface area contributed by atoms with E-state index in [1.807, 2.05) is 0 Å². The lowest BCUT2D eigenvalue weighted by Crippen LogP contribution is -2.30. The molecule has 1 aliphatic carbocycles. The summed E-state index contributed by atoms with van der Waals surface area (Å²) in [5.41, 5.74) is 0.671. The number of carbonyl (C=O) groups excluding carboxylic acids is 1. The van der Waals surface area contributed by atoms with Gasteiger partial charge >= 0.3 is 0 Å². The third-order valence-electron chi connectivity index (χ3n) is 3.55. The van der Waals surface area contributed by atoms with E-state index in [4.69, 9.17) is 0 Å². The average Bonchev–Trinajstić information content (AvgIpc) is 2.46. The molecule has 0 atom stereocenters. The number of carbonyl (C=O) groups is 1. The normalized spacial score (nSPS) is 16.3. The number of nitrogens with zero attached hydrogens (tertiary/aromatic N) is 1. The highest BCUT2D eigenvalue weighted by Gasteiger charge is 2.14. The molecule has 1 aliphatic rings. The van der Waals surface area contributed by atoms with Gasteiger partial charge in [0, 0.05) is 25.4 Å². The first-order chi connectivity index (χ1) is 8.79. The van der Waals surface area contributed by atoms with Gasteiger partial charge in [0.1, 0.15) is 5.82 Å². The molecule has 18 heavy (non-hydrogen) atoms. The van der Waals surface area contributed by atoms with Crippen LogP contribution in [0.15, 0.2) is 18.3 Å². The van der Waals surface area contributed by atoms with Gasteiger partial charge in [0.25, 0.3) is 5.91 Å². The molecule has 1 aromatic heterocycles. The minimum absolute atomic E-state index is 0.000488. The minimum Gasteiger partial charge on any atom is -0.373 e. The van der Waals surface area contributed by atoms with Gasteiger partial charge in [0.15, 0.2) is 0 Å². The van der Waals surface area contributed by atoms with Gasteiger partial charge in [-0.1, -0.05) is 19.3 Å². The average molecular weight is 247 g/mol. The number of hydrogen-bond donors (Lipinski definition) is 2. The fraction of sp³-hybridized carbons (Fsp3) is 0.571. The number of rotatable bonds is 4. The van der Waals surface area contributed by atoms with Crippen molar-refractivity contribution >= 4 is 11.7 Å². The van der Waals surface area contributed by atoms with E-state index in [9.17, 15) is 4.79 Å². The molecule has 0 radical (unpaired) electrons. The van der Waals surface area contributed by atoms with E-state index in [1.165, 1.54) is 32.1 Å². The Hall–Kier alpha value is -1.58. The molecule has 0 aliphatic heterocycles. The van der Waals surface area contributed by atoms with Crippen molar-refractivity contribution in [1.82, 2.24) is 10.3 Å². The van der Waals surface area contributed by atoms with E-state index < -0.39 is 0 Å². The Kier molecular flexibility index (Phi) is 4.56. The number of hydrogen-bond acceptors (Lipinski definition) is 3. The monoisotopic (exact) mass is 247 g/mol. The topological polar surface area (TPSA) is 54.0 Å². The van der Waals surface area contributed by atoms with Gasteiger partial charge in [-0.05, 0) is 30.9 Å². The van der Waals surface area contributed by atoms with Gasteiger partial charge < -0.3 is 10.6 Å². The number of nitrogens with one attached hydrogen (secondary N) is 2. The molecule has 0 bridgehead atoms. The molecule has 98 valence electrons. The maximum Gasteiger partial charge on any atom is 0.251 e. The lowest BCUT2D eigenvalue weighted by molar-refractivity contribution is 0.0943. The van der Waals surface area contributed by atoms with Crippen molar-refractivity contribution in [2.75, 3.05) is 18.9 Å². The van der Waals surface area contributed by atoms with Crippen LogP contribution >= 0.6 is 0 Å². The summed E-state index contributed by atoms with van der Waals surface area (Å²) in [6.07, 6.45) is 8.11. The lowest BCUT2D eigenvalue weighted by Gasteiger charge is -2.21. The van der Waals surface area contributed by atoms with Gasteiger partial charge in [-0.25, -0.2) is 4.98 Å². The highest BCUT2D eigenvalue weighted by Crippen LogP contribution is 2.22. The van der Waals surface area contributed by atoms with E-state index in [2.05, 4.69) is 15.6 Å². The fourth-order valence-corrected chi connectivity index (χ4v) is 2.44. The van der Waals surface area contributed by atoms with Gasteiger partial charge in [-0.3, -0.25) is 4.79 Å². The van der Waals surface area contributed by atoms with Gasteiger partial charge in [-0.15, -0.1) is 0 Å². The van der Waals surface area contributed by atoms with Gasteiger partial charge in [0.05, 0.1) is 0 Å². The Bertz CT molecular complexity index is 400. The number of amides is 1. The highest BCUT2D eigenvalue weighted by molar-refractivity contribution is 5.94. The summed E-state index contributed by atoms with van der Waals surface area (Å²) in [6, 6.07) is 3.52. The summed E-state index contributed by atoms with van der Waals surface area (Å²) in [5, 5.41) is 5.96. The maximum atomic E-state index is 12.0. The molecular formula is C14H21N3O. The number of anilines is 1. The van der Waals surface area contributed by atoms with Gasteiger partial charge in [-0.2, -0.15) is 0 Å². The quantitative estimate of drug-likeness (QED) is 0.859. The SMILES string of the molecule is CNc1cc(C(=O)NCC2CCCCC2)ccn1. The third-order valence-corrected chi connectivity index (χ3v) is 3.55. The Labute approximate surface area is 108 Å². The smallest absolute Gasteiger partial charge is 0.251 e. The molecule has 0 saturated heterocycles. The van der Waals surface area contributed by atoms with E-state index in [1.54, 1.807) is 25.4 Å². The van der Waals surface area contributed by atoms with E-state index in [0.29, 0.717) is 11.5 Å². The molecule has 0 spiro atoms. The lowest BCUT2D eigenvalue weighted by atomic mass is 9.89. The van der Waals surface area contributed by atoms with Crippen molar-refractivity contribution in [3.05, 3.63) is 23.9 Å². The first-order valence-electron chi connectivity index (χ1n) is 6.71. The molecule has 2 N–H and O–H groups in total. The van der Waals surface area contributed by atoms with Crippen LogP contribution in [0.4, 0.5) is 5.82 Å². The van der Waals surface area contributed by atoms with Crippen LogP contribution < -0.4 is 10.6 Å². The van der Waals surface area contributed by atoms with Crippen LogP contribution in [0.5, 0.6) is 0 Å². The summed E-state index contributed by atoms with van der Waals surface area (Å²) in [6.45, 7) is 0.802. The van der Waals surface area contributed by atoms with Crippen LogP contribution in [0.2, 0.25) is 0 Å². The largest absolute Gasteiger partial charge is 0.373 e. The molecule has 2 rings (SSSR count). The Morgan fingerprint density at radius 1 is 1.39 bits per heavy atom. The molecule has 1 saturated carbocycles. The Balaban J connectivity index is 1.86. The predicted molar refractivity (Wildman–Crippen MR) is 72.7 cm³/mol. The fourth-order valence-electron chi connectivity index (χ4n) is 2.44. The summed E-state index contributed by atoms with van der Waals surface area (Å²) in [5.74, 6) is 1.38. The first kappa shape index (κ1) is 12.9. The Morgan fingerprint density at radius 3 is 2.89 bits per heavy atom. The van der Waals surface area contributed by atoms with Gasteiger partial charge in [0.2, 0.25) is 0 Å². The van der Waals surface area contributed by atoms with Crippen LogP contribution in [0.3, 0.4) is 0 Å². The van der Waals surface area contributed by atoms with Crippen molar-refractivity contribution in [3.63, 3.8) is 0 Å². The van der Waals surface area contributed by atoms with E-state index >= 15 is 0 Å². The molecule has 1 aromatic rings. The molecule has 4 nitrogen and oxygen atoms in total. The second-order valence-corrected chi connectivity index (χ2v) is 4.89. The zero-order valence-electron chi connectivity index (χ0n) is 10.9. The summed E-state index contributed by atoms with van der Waals surface area (Å²) in [7, 11) is 1.80. The molecular weight excluding hydrogens is 226 g/mol. The van der Waals surface area contributed by atoms with Crippen LogP contribution in [0, 0.1) is 5.92 Å². The maximum absolute atomic E-state index is 12.0. The molecule has 1 fully saturated rings. The van der Waals surface area contributed by atoms with Crippen LogP contribution in [0.1, 0.15) is 42.5 Å². The second-order valence-electron chi connectivity index (χ2n) is 4.89. The molecule has 4 heteroatoms. The van der Waals surface area contributed by atoms with Crippen molar-refractivity contribution in [2.24, 2.45) is 5.92 Å². The summed E-state index contributed by atoms with van der Waals surface area (Å²) < 4.78 is 0. The van der Waals surface area contributed by atoms with Crippen molar-refractivity contribution in [1.29, 1.82) is 0 Å². The summed E-state index contributed by atoms with van der Waals surface area (Å²) in [4.78, 5) is 16.1. The standard InChI is InChI=1S/C14H21N3O/c1-15-13-9-12(7-8-16-13)14(18)17-10-11-5-3-2-4-6-11/h7-9,11H,2-6,10H2,1H3,(H,15,16)(H,17,18). The molecule has 1 heterocycles. The Morgan fingerprint density at radius 2 is 2.17 bits per heavy atom. The minimum atomic E-state index is -0.000488. The number of aromatic nitrogens is 1. The highest BCUT2D eigenvalue weighted by atomic mass is 16.1. The zero-order valence-corrected chi connectivity index (χ0v) is 10.9. The van der Waals surface area contributed by atoms with Crippen molar-refractivity contribution < 1.29 is 4.79 Å². The number of pyridine rings is 1. The van der Waals surface area contributed by atoms with Crippen LogP contribution in [-0.4, -0.2) is 24.5 Å². The van der Waals surface area contributed by atoms with Crippen LogP contribution in [-0.2, 0) is 0 Å². The molecule has 0 unspecified atom stereocenters. The van der Waals surface area contributed by atoms with Crippen molar-refractivity contribution in [3.8, 4) is 0 Å². The van der Waals surface area contributed by atoms with E-state index in [-0.39, 0.29) is 5.91 Å². The van der Waals surface area contributed by atoms with Crippen LogP contribution in [0.25, 0.3) is 0 Å². The van der Waals surface area contributed by atoms with E-state index in [0.717, 1.165) is 12.4 Å². The summed E-state index contributed by atoms with van der Waals surface area (Å²) >= 11 is 0. The van der Waals surface area contributed by atoms with Crippen molar-refractivity contribution in [2.45, 2.75) is 32.1 Å². The third kappa shape index (κ3) is 3.45. The zero-order chi connectivity index (χ0) is 12.8. The molecule has 0 aromatic carbocycles. The second kappa shape index (κ2) is 6.38. The predicted octanol–water partition coefficient (Wildman–Crippen LogP) is 2.43.